The first kappa shape index (κ1) is 10.1. The molecule has 0 aliphatic heterocycles. The van der Waals surface area contributed by atoms with Crippen LogP contribution in [0.25, 0.3) is 6.08 Å². The topological polar surface area (TPSA) is 20.2 Å². The average Bonchev–Trinajstić information content (AvgIpc) is 3.01. The second kappa shape index (κ2) is 3.33. The van der Waals surface area contributed by atoms with E-state index in [1.165, 1.54) is 24.3 Å². The summed E-state index contributed by atoms with van der Waals surface area (Å²) in [5.74, 6) is -3.31. The molecule has 3 heteroatoms. The fourth-order valence-corrected chi connectivity index (χ4v) is 1.61. The minimum Gasteiger partial charge on any atom is -0.507 e. The molecule has 0 unspecified atom stereocenters. The van der Waals surface area contributed by atoms with Crippen LogP contribution in [0.15, 0.2) is 24.8 Å². The highest BCUT2D eigenvalue weighted by atomic mass is 19.3. The van der Waals surface area contributed by atoms with E-state index in [1.807, 2.05) is 0 Å². The molecular formula is C12H12F2O. The SMILES string of the molecule is C=Cc1cc(C(F)(F)C2CC2)ccc1O. The lowest BCUT2D eigenvalue weighted by Crippen LogP contribution is -2.15. The molecule has 0 radical (unpaired) electrons. The number of benzene rings is 1. The number of aromatic hydroxyl groups is 1. The second-order valence-corrected chi connectivity index (χ2v) is 3.87. The van der Waals surface area contributed by atoms with Crippen molar-refractivity contribution in [1.82, 2.24) is 0 Å². The monoisotopic (exact) mass is 210 g/mol. The molecule has 80 valence electrons. The molecule has 0 heterocycles. The number of hydrogen-bond acceptors (Lipinski definition) is 1. The van der Waals surface area contributed by atoms with Crippen molar-refractivity contribution in [1.29, 1.82) is 0 Å². The van der Waals surface area contributed by atoms with E-state index in [0.717, 1.165) is 0 Å². The smallest absolute Gasteiger partial charge is 0.276 e. The maximum Gasteiger partial charge on any atom is 0.276 e. The first-order valence-electron chi connectivity index (χ1n) is 4.89. The van der Waals surface area contributed by atoms with Gasteiger partial charge in [-0.15, -0.1) is 0 Å². The number of rotatable bonds is 3. The minimum absolute atomic E-state index is 0.0136. The van der Waals surface area contributed by atoms with Crippen LogP contribution in [0.5, 0.6) is 5.75 Å². The third kappa shape index (κ3) is 1.74. The van der Waals surface area contributed by atoms with Gasteiger partial charge in [-0.2, -0.15) is 0 Å². The van der Waals surface area contributed by atoms with E-state index in [1.54, 1.807) is 0 Å². The predicted octanol–water partition coefficient (Wildman–Crippen LogP) is 3.54. The largest absolute Gasteiger partial charge is 0.507 e. The van der Waals surface area contributed by atoms with Crippen LogP contribution in [-0.2, 0) is 5.92 Å². The molecule has 2 rings (SSSR count). The van der Waals surface area contributed by atoms with Gasteiger partial charge in [0.05, 0.1) is 0 Å². The Hall–Kier alpha value is -1.38. The molecule has 1 fully saturated rings. The highest BCUT2D eigenvalue weighted by Crippen LogP contribution is 2.50. The predicted molar refractivity (Wildman–Crippen MR) is 54.8 cm³/mol. The Morgan fingerprint density at radius 1 is 1.40 bits per heavy atom. The van der Waals surface area contributed by atoms with Crippen LogP contribution < -0.4 is 0 Å². The lowest BCUT2D eigenvalue weighted by Gasteiger charge is -2.16. The molecule has 15 heavy (non-hydrogen) atoms. The summed E-state index contributed by atoms with van der Waals surface area (Å²) >= 11 is 0. The van der Waals surface area contributed by atoms with Gasteiger partial charge in [-0.25, -0.2) is 8.78 Å². The van der Waals surface area contributed by atoms with Crippen LogP contribution in [0.3, 0.4) is 0 Å². The standard InChI is InChI=1S/C12H12F2O/c1-2-8-7-10(5-6-11(8)15)12(13,14)9-3-4-9/h2,5-7,9,15H,1,3-4H2. The van der Waals surface area contributed by atoms with Crippen molar-refractivity contribution in [3.8, 4) is 5.75 Å². The van der Waals surface area contributed by atoms with Gasteiger partial charge in [-0.3, -0.25) is 0 Å². The summed E-state index contributed by atoms with van der Waals surface area (Å²) in [7, 11) is 0. The third-order valence-corrected chi connectivity index (χ3v) is 2.72. The summed E-state index contributed by atoms with van der Waals surface area (Å²) in [4.78, 5) is 0. The van der Waals surface area contributed by atoms with Crippen LogP contribution in [0.2, 0.25) is 0 Å². The Balaban J connectivity index is 2.39. The van der Waals surface area contributed by atoms with Gasteiger partial charge in [0, 0.05) is 17.0 Å². The Bertz CT molecular complexity index is 395. The number of alkyl halides is 2. The number of phenolic OH excluding ortho intramolecular Hbond substituents is 1. The fraction of sp³-hybridized carbons (Fsp3) is 0.333. The van der Waals surface area contributed by atoms with E-state index >= 15 is 0 Å². The van der Waals surface area contributed by atoms with Gasteiger partial charge in [-0.05, 0) is 31.0 Å². The molecule has 0 amide bonds. The van der Waals surface area contributed by atoms with E-state index in [-0.39, 0.29) is 11.3 Å². The lowest BCUT2D eigenvalue weighted by molar-refractivity contribution is -0.0285. The fourth-order valence-electron chi connectivity index (χ4n) is 1.61. The summed E-state index contributed by atoms with van der Waals surface area (Å²) < 4.78 is 27.3. The van der Waals surface area contributed by atoms with Crippen molar-refractivity contribution in [3.05, 3.63) is 35.9 Å². The molecule has 1 N–H and O–H groups in total. The molecule has 0 aromatic heterocycles. The van der Waals surface area contributed by atoms with Crippen molar-refractivity contribution in [3.63, 3.8) is 0 Å². The summed E-state index contributed by atoms with van der Waals surface area (Å²) in [6.07, 6.45) is 2.54. The van der Waals surface area contributed by atoms with Crippen LogP contribution >= 0.6 is 0 Å². The molecule has 0 atom stereocenters. The second-order valence-electron chi connectivity index (χ2n) is 3.87. The zero-order valence-corrected chi connectivity index (χ0v) is 8.21. The highest BCUT2D eigenvalue weighted by Gasteiger charge is 2.47. The van der Waals surface area contributed by atoms with Crippen molar-refractivity contribution in [2.24, 2.45) is 5.92 Å². The quantitative estimate of drug-likeness (QED) is 0.809. The average molecular weight is 210 g/mol. The van der Waals surface area contributed by atoms with Gasteiger partial charge in [0.2, 0.25) is 0 Å². The summed E-state index contributed by atoms with van der Waals surface area (Å²) in [6.45, 7) is 3.47. The minimum atomic E-state index is -2.77. The Morgan fingerprint density at radius 3 is 2.60 bits per heavy atom. The first-order valence-corrected chi connectivity index (χ1v) is 4.89. The van der Waals surface area contributed by atoms with E-state index < -0.39 is 11.8 Å². The van der Waals surface area contributed by atoms with E-state index in [9.17, 15) is 13.9 Å². The normalized spacial score (nSPS) is 16.4. The maximum atomic E-state index is 13.7. The molecule has 1 aliphatic carbocycles. The molecular weight excluding hydrogens is 198 g/mol. The number of halogens is 2. The van der Waals surface area contributed by atoms with Crippen LogP contribution in [-0.4, -0.2) is 5.11 Å². The molecule has 1 nitrogen and oxygen atoms in total. The van der Waals surface area contributed by atoms with Crippen molar-refractivity contribution in [2.45, 2.75) is 18.8 Å². The van der Waals surface area contributed by atoms with Gasteiger partial charge in [0.15, 0.2) is 0 Å². The van der Waals surface area contributed by atoms with Gasteiger partial charge in [0.1, 0.15) is 5.75 Å². The number of hydrogen-bond donors (Lipinski definition) is 1. The molecule has 1 aromatic rings. The van der Waals surface area contributed by atoms with Crippen molar-refractivity contribution >= 4 is 6.08 Å². The summed E-state index contributed by atoms with van der Waals surface area (Å²) in [5, 5.41) is 9.34. The van der Waals surface area contributed by atoms with Crippen molar-refractivity contribution in [2.75, 3.05) is 0 Å². The van der Waals surface area contributed by atoms with E-state index in [0.29, 0.717) is 18.4 Å². The zero-order chi connectivity index (χ0) is 11.1. The maximum absolute atomic E-state index is 13.7. The summed E-state index contributed by atoms with van der Waals surface area (Å²) in [5.41, 5.74) is 0.325. The molecule has 0 bridgehead atoms. The number of phenols is 1. The Kier molecular flexibility index (Phi) is 2.25. The van der Waals surface area contributed by atoms with Gasteiger partial charge in [-0.1, -0.05) is 12.7 Å². The highest BCUT2D eigenvalue weighted by molar-refractivity contribution is 5.56. The van der Waals surface area contributed by atoms with Gasteiger partial charge >= 0.3 is 0 Å². The van der Waals surface area contributed by atoms with Crippen LogP contribution in [0, 0.1) is 5.92 Å². The molecule has 1 saturated carbocycles. The molecule has 1 aromatic carbocycles. The summed E-state index contributed by atoms with van der Waals surface area (Å²) in [6, 6.07) is 3.88. The van der Waals surface area contributed by atoms with Crippen LogP contribution in [0.4, 0.5) is 8.78 Å². The Morgan fingerprint density at radius 2 is 2.07 bits per heavy atom. The van der Waals surface area contributed by atoms with Gasteiger partial charge in [0.25, 0.3) is 5.92 Å². The molecule has 1 aliphatic rings. The third-order valence-electron chi connectivity index (χ3n) is 2.72. The van der Waals surface area contributed by atoms with Crippen LogP contribution in [0.1, 0.15) is 24.0 Å². The lowest BCUT2D eigenvalue weighted by atomic mass is 10.0. The van der Waals surface area contributed by atoms with E-state index in [4.69, 9.17) is 0 Å². The van der Waals surface area contributed by atoms with Crippen molar-refractivity contribution < 1.29 is 13.9 Å². The molecule has 0 saturated heterocycles. The Labute approximate surface area is 87.1 Å². The van der Waals surface area contributed by atoms with E-state index in [2.05, 4.69) is 6.58 Å². The first-order chi connectivity index (χ1) is 7.05. The molecule has 0 spiro atoms. The zero-order valence-electron chi connectivity index (χ0n) is 8.21. The van der Waals surface area contributed by atoms with Gasteiger partial charge < -0.3 is 5.11 Å².